The van der Waals surface area contributed by atoms with Crippen LogP contribution in [0, 0.1) is 0 Å². The molecule has 0 aliphatic rings. The van der Waals surface area contributed by atoms with Gasteiger partial charge in [-0.05, 0) is 54.6 Å². The molecule has 7 nitrogen and oxygen atoms in total. The van der Waals surface area contributed by atoms with E-state index in [1.807, 2.05) is 42.5 Å². The number of pyridine rings is 1. The standard InChI is InChI=1S/C23H14Cl2N6O/c24-18-7-6-15(12-19(18)25)23(32)27-17-5-1-3-14(11-17)20-8-9-21-28-29-22(31(21)30-20)16-4-2-10-26-13-16/h1-13H,(H,27,32). The van der Waals surface area contributed by atoms with Gasteiger partial charge in [0.05, 0.1) is 15.7 Å². The summed E-state index contributed by atoms with van der Waals surface area (Å²) in [7, 11) is 0. The summed E-state index contributed by atoms with van der Waals surface area (Å²) >= 11 is 12.0. The van der Waals surface area contributed by atoms with Crippen LogP contribution in [0.15, 0.2) is 79.1 Å². The van der Waals surface area contributed by atoms with Crippen molar-refractivity contribution in [3.05, 3.63) is 94.7 Å². The van der Waals surface area contributed by atoms with Crippen molar-refractivity contribution in [1.82, 2.24) is 24.8 Å². The first kappa shape index (κ1) is 20.1. The summed E-state index contributed by atoms with van der Waals surface area (Å²) in [6.45, 7) is 0. The fraction of sp³-hybridized carbons (Fsp3) is 0. The Bertz CT molecular complexity index is 1450. The monoisotopic (exact) mass is 460 g/mol. The zero-order chi connectivity index (χ0) is 22.1. The molecule has 5 aromatic rings. The minimum atomic E-state index is -0.290. The highest BCUT2D eigenvalue weighted by Gasteiger charge is 2.12. The van der Waals surface area contributed by atoms with E-state index in [1.54, 1.807) is 35.1 Å². The molecular formula is C23H14Cl2N6O. The van der Waals surface area contributed by atoms with E-state index in [-0.39, 0.29) is 5.91 Å². The normalized spacial score (nSPS) is 10.9. The third kappa shape index (κ3) is 3.91. The van der Waals surface area contributed by atoms with Crippen LogP contribution in [0.3, 0.4) is 0 Å². The fourth-order valence-corrected chi connectivity index (χ4v) is 3.51. The highest BCUT2D eigenvalue weighted by atomic mass is 35.5. The van der Waals surface area contributed by atoms with Crippen LogP contribution in [0.25, 0.3) is 28.3 Å². The summed E-state index contributed by atoms with van der Waals surface area (Å²) in [6, 6.07) is 19.6. The first-order chi connectivity index (χ1) is 15.6. The number of hydrogen-bond acceptors (Lipinski definition) is 5. The van der Waals surface area contributed by atoms with Gasteiger partial charge in [0, 0.05) is 34.8 Å². The van der Waals surface area contributed by atoms with E-state index in [1.165, 1.54) is 6.07 Å². The molecule has 0 fully saturated rings. The van der Waals surface area contributed by atoms with Crippen LogP contribution in [0.4, 0.5) is 5.69 Å². The Labute approximate surface area is 192 Å². The molecule has 0 aliphatic carbocycles. The van der Waals surface area contributed by atoms with Crippen molar-refractivity contribution in [2.24, 2.45) is 0 Å². The van der Waals surface area contributed by atoms with Gasteiger partial charge < -0.3 is 5.32 Å². The number of carbonyl (C=O) groups excluding carboxylic acids is 1. The number of hydrogen-bond donors (Lipinski definition) is 1. The summed E-state index contributed by atoms with van der Waals surface area (Å²) in [5.41, 5.74) is 3.99. The van der Waals surface area contributed by atoms with Gasteiger partial charge in [-0.15, -0.1) is 10.2 Å². The number of amides is 1. The minimum absolute atomic E-state index is 0.290. The Balaban J connectivity index is 1.46. The van der Waals surface area contributed by atoms with Crippen molar-refractivity contribution in [2.75, 3.05) is 5.32 Å². The number of fused-ring (bicyclic) bond motifs is 1. The molecule has 0 spiro atoms. The average Bonchev–Trinajstić information content (AvgIpc) is 3.25. The molecule has 0 radical (unpaired) electrons. The van der Waals surface area contributed by atoms with E-state index in [2.05, 4.69) is 20.5 Å². The number of carbonyl (C=O) groups is 1. The maximum Gasteiger partial charge on any atom is 0.255 e. The molecular weight excluding hydrogens is 447 g/mol. The SMILES string of the molecule is O=C(Nc1cccc(-c2ccc3nnc(-c4cccnc4)n3n2)c1)c1ccc(Cl)c(Cl)c1. The molecule has 0 unspecified atom stereocenters. The van der Waals surface area contributed by atoms with Crippen LogP contribution in [-0.4, -0.2) is 30.7 Å². The Morgan fingerprint density at radius 1 is 0.875 bits per heavy atom. The smallest absolute Gasteiger partial charge is 0.255 e. The number of nitrogens with zero attached hydrogens (tertiary/aromatic N) is 5. The first-order valence-electron chi connectivity index (χ1n) is 9.58. The molecule has 5 rings (SSSR count). The van der Waals surface area contributed by atoms with Crippen LogP contribution < -0.4 is 5.32 Å². The minimum Gasteiger partial charge on any atom is -0.322 e. The lowest BCUT2D eigenvalue weighted by molar-refractivity contribution is 0.102. The van der Waals surface area contributed by atoms with Gasteiger partial charge in [0.1, 0.15) is 0 Å². The second kappa shape index (κ2) is 8.37. The summed E-state index contributed by atoms with van der Waals surface area (Å²) in [6.07, 6.45) is 3.41. The van der Waals surface area contributed by atoms with Gasteiger partial charge in [0.25, 0.3) is 5.91 Å². The third-order valence-corrected chi connectivity index (χ3v) is 5.52. The van der Waals surface area contributed by atoms with Gasteiger partial charge in [-0.25, -0.2) is 0 Å². The molecule has 3 heterocycles. The molecule has 0 aliphatic heterocycles. The maximum atomic E-state index is 12.6. The number of nitrogens with one attached hydrogen (secondary N) is 1. The molecule has 0 bridgehead atoms. The molecule has 9 heteroatoms. The number of aromatic nitrogens is 5. The summed E-state index contributed by atoms with van der Waals surface area (Å²) < 4.78 is 1.67. The number of benzene rings is 2. The Hall–Kier alpha value is -3.81. The van der Waals surface area contributed by atoms with E-state index in [9.17, 15) is 4.79 Å². The zero-order valence-electron chi connectivity index (χ0n) is 16.4. The highest BCUT2D eigenvalue weighted by Crippen LogP contribution is 2.25. The second-order valence-corrected chi connectivity index (χ2v) is 7.73. The fourth-order valence-electron chi connectivity index (χ4n) is 3.21. The largest absolute Gasteiger partial charge is 0.322 e. The third-order valence-electron chi connectivity index (χ3n) is 4.78. The number of halogens is 2. The van der Waals surface area contributed by atoms with Crippen LogP contribution in [0.5, 0.6) is 0 Å². The first-order valence-corrected chi connectivity index (χ1v) is 10.3. The van der Waals surface area contributed by atoms with Gasteiger partial charge in [-0.2, -0.15) is 9.61 Å². The lowest BCUT2D eigenvalue weighted by atomic mass is 10.1. The molecule has 2 aromatic carbocycles. The quantitative estimate of drug-likeness (QED) is 0.387. The Morgan fingerprint density at radius 3 is 2.56 bits per heavy atom. The van der Waals surface area contributed by atoms with Crippen molar-refractivity contribution in [3.8, 4) is 22.6 Å². The molecule has 0 saturated carbocycles. The molecule has 32 heavy (non-hydrogen) atoms. The van der Waals surface area contributed by atoms with E-state index in [0.29, 0.717) is 38.5 Å². The summed E-state index contributed by atoms with van der Waals surface area (Å²) in [4.78, 5) is 16.7. The summed E-state index contributed by atoms with van der Waals surface area (Å²) in [5, 5.41) is 16.7. The second-order valence-electron chi connectivity index (χ2n) is 6.92. The van der Waals surface area contributed by atoms with Gasteiger partial charge in [0.15, 0.2) is 11.5 Å². The van der Waals surface area contributed by atoms with E-state index in [0.717, 1.165) is 11.1 Å². The van der Waals surface area contributed by atoms with Crippen LogP contribution >= 0.6 is 23.2 Å². The van der Waals surface area contributed by atoms with E-state index in [4.69, 9.17) is 28.3 Å². The van der Waals surface area contributed by atoms with Crippen molar-refractivity contribution in [1.29, 1.82) is 0 Å². The molecule has 156 valence electrons. The highest BCUT2D eigenvalue weighted by molar-refractivity contribution is 6.42. The average molecular weight is 461 g/mol. The molecule has 0 atom stereocenters. The lowest BCUT2D eigenvalue weighted by Gasteiger charge is -2.08. The Kier molecular flexibility index (Phi) is 5.26. The van der Waals surface area contributed by atoms with Gasteiger partial charge in [-0.3, -0.25) is 9.78 Å². The van der Waals surface area contributed by atoms with Crippen molar-refractivity contribution >= 4 is 40.4 Å². The summed E-state index contributed by atoms with van der Waals surface area (Å²) in [5.74, 6) is 0.306. The predicted octanol–water partition coefficient (Wildman–Crippen LogP) is 5.41. The van der Waals surface area contributed by atoms with Crippen molar-refractivity contribution in [2.45, 2.75) is 0 Å². The lowest BCUT2D eigenvalue weighted by Crippen LogP contribution is -2.11. The van der Waals surface area contributed by atoms with Crippen LogP contribution in [0.2, 0.25) is 10.0 Å². The molecule has 0 saturated heterocycles. The molecule has 1 amide bonds. The maximum absolute atomic E-state index is 12.6. The molecule has 3 aromatic heterocycles. The van der Waals surface area contributed by atoms with E-state index >= 15 is 0 Å². The zero-order valence-corrected chi connectivity index (χ0v) is 17.9. The number of anilines is 1. The van der Waals surface area contributed by atoms with Gasteiger partial charge in [0.2, 0.25) is 0 Å². The van der Waals surface area contributed by atoms with E-state index < -0.39 is 0 Å². The van der Waals surface area contributed by atoms with Gasteiger partial charge in [-0.1, -0.05) is 35.3 Å². The van der Waals surface area contributed by atoms with Crippen molar-refractivity contribution < 1.29 is 4.79 Å². The number of rotatable bonds is 4. The van der Waals surface area contributed by atoms with Crippen LogP contribution in [0.1, 0.15) is 10.4 Å². The predicted molar refractivity (Wildman–Crippen MR) is 124 cm³/mol. The topological polar surface area (TPSA) is 85.1 Å². The molecule has 1 N–H and O–H groups in total. The van der Waals surface area contributed by atoms with Gasteiger partial charge >= 0.3 is 0 Å². The van der Waals surface area contributed by atoms with Crippen molar-refractivity contribution in [3.63, 3.8) is 0 Å². The van der Waals surface area contributed by atoms with Crippen LogP contribution in [-0.2, 0) is 0 Å². The Morgan fingerprint density at radius 2 is 1.75 bits per heavy atom.